The van der Waals surface area contributed by atoms with E-state index in [1.54, 1.807) is 6.07 Å². The van der Waals surface area contributed by atoms with E-state index in [0.29, 0.717) is 18.6 Å². The molecule has 2 aromatic rings. The van der Waals surface area contributed by atoms with Gasteiger partial charge in [0.2, 0.25) is 0 Å². The summed E-state index contributed by atoms with van der Waals surface area (Å²) in [7, 11) is 1.40. The van der Waals surface area contributed by atoms with Gasteiger partial charge in [-0.1, -0.05) is 24.3 Å². The summed E-state index contributed by atoms with van der Waals surface area (Å²) in [5.41, 5.74) is 0.514. The second-order valence-corrected chi connectivity index (χ2v) is 4.36. The van der Waals surface area contributed by atoms with Crippen LogP contribution in [0.4, 0.5) is 4.39 Å². The van der Waals surface area contributed by atoms with Crippen LogP contribution in [0.15, 0.2) is 48.5 Å². The summed E-state index contributed by atoms with van der Waals surface area (Å²) >= 11 is 0. The smallest absolute Gasteiger partial charge is 0.165 e. The van der Waals surface area contributed by atoms with Crippen LogP contribution >= 0.6 is 0 Å². The van der Waals surface area contributed by atoms with Gasteiger partial charge in [-0.05, 0) is 29.8 Å². The average Bonchev–Trinajstić information content (AvgIpc) is 2.48. The predicted molar refractivity (Wildman–Crippen MR) is 74.5 cm³/mol. The molecule has 0 saturated heterocycles. The Morgan fingerprint density at radius 1 is 1.15 bits per heavy atom. The zero-order valence-electron chi connectivity index (χ0n) is 11.3. The fraction of sp³-hybridized carbons (Fsp3) is 0.250. The molecule has 3 nitrogen and oxygen atoms in total. The first kappa shape index (κ1) is 14.3. The number of aliphatic hydroxyl groups excluding tert-OH is 1. The molecule has 0 spiro atoms. The molecule has 1 unspecified atom stereocenters. The third-order valence-corrected chi connectivity index (χ3v) is 2.96. The third-order valence-electron chi connectivity index (χ3n) is 2.96. The van der Waals surface area contributed by atoms with Crippen LogP contribution in [0.1, 0.15) is 18.1 Å². The first-order valence-electron chi connectivity index (χ1n) is 6.40. The molecule has 1 atom stereocenters. The number of para-hydroxylation sites is 1. The Morgan fingerprint density at radius 3 is 2.55 bits per heavy atom. The van der Waals surface area contributed by atoms with Gasteiger partial charge < -0.3 is 14.6 Å². The molecule has 2 aromatic carbocycles. The van der Waals surface area contributed by atoms with Crippen molar-refractivity contribution in [3.8, 4) is 11.5 Å². The lowest BCUT2D eigenvalue weighted by Crippen LogP contribution is -2.06. The summed E-state index contributed by atoms with van der Waals surface area (Å²) < 4.78 is 23.9. The van der Waals surface area contributed by atoms with Crippen LogP contribution in [0, 0.1) is 5.82 Å². The second-order valence-electron chi connectivity index (χ2n) is 4.36. The molecule has 4 heteroatoms. The topological polar surface area (TPSA) is 38.7 Å². The molecule has 0 fully saturated rings. The summed E-state index contributed by atoms with van der Waals surface area (Å²) in [6.45, 7) is 0.360. The van der Waals surface area contributed by atoms with Crippen LogP contribution in [0.2, 0.25) is 0 Å². The van der Waals surface area contributed by atoms with E-state index >= 15 is 0 Å². The summed E-state index contributed by atoms with van der Waals surface area (Å²) in [5.74, 6) is 0.440. The zero-order chi connectivity index (χ0) is 14.4. The highest BCUT2D eigenvalue weighted by molar-refractivity contribution is 5.30. The van der Waals surface area contributed by atoms with Gasteiger partial charge in [0.15, 0.2) is 11.6 Å². The van der Waals surface area contributed by atoms with E-state index < -0.39 is 11.9 Å². The first-order valence-corrected chi connectivity index (χ1v) is 6.40. The maximum absolute atomic E-state index is 13.5. The highest BCUT2D eigenvalue weighted by Gasteiger charge is 2.11. The summed E-state index contributed by atoms with van der Waals surface area (Å²) in [5, 5.41) is 10.00. The lowest BCUT2D eigenvalue weighted by atomic mass is 10.1. The normalized spacial score (nSPS) is 11.9. The van der Waals surface area contributed by atoms with E-state index in [9.17, 15) is 9.50 Å². The number of rotatable bonds is 6. The van der Waals surface area contributed by atoms with Gasteiger partial charge in [-0.25, -0.2) is 4.39 Å². The lowest BCUT2D eigenvalue weighted by Gasteiger charge is -2.13. The molecule has 0 aliphatic heterocycles. The standard InChI is InChI=1S/C16H17FO3/c1-19-16-8-7-12(11-14(16)17)15(18)9-10-20-13-5-3-2-4-6-13/h2-8,11,15,18H,9-10H2,1H3. The number of methoxy groups -OCH3 is 1. The SMILES string of the molecule is COc1ccc(C(O)CCOc2ccccc2)cc1F. The number of hydrogen-bond donors (Lipinski definition) is 1. The van der Waals surface area contributed by atoms with Gasteiger partial charge >= 0.3 is 0 Å². The number of hydrogen-bond acceptors (Lipinski definition) is 3. The van der Waals surface area contributed by atoms with Crippen LogP contribution in [0.3, 0.4) is 0 Å². The maximum atomic E-state index is 13.5. The fourth-order valence-electron chi connectivity index (χ4n) is 1.86. The van der Waals surface area contributed by atoms with E-state index in [1.807, 2.05) is 30.3 Å². The van der Waals surface area contributed by atoms with Crippen LogP contribution in [-0.4, -0.2) is 18.8 Å². The van der Waals surface area contributed by atoms with Crippen molar-refractivity contribution in [2.45, 2.75) is 12.5 Å². The molecule has 106 valence electrons. The average molecular weight is 276 g/mol. The maximum Gasteiger partial charge on any atom is 0.165 e. The Balaban J connectivity index is 1.88. The summed E-state index contributed by atoms with van der Waals surface area (Å²) in [4.78, 5) is 0. The quantitative estimate of drug-likeness (QED) is 0.879. The van der Waals surface area contributed by atoms with Crippen LogP contribution in [0.5, 0.6) is 11.5 Å². The van der Waals surface area contributed by atoms with E-state index in [1.165, 1.54) is 19.2 Å². The fourth-order valence-corrected chi connectivity index (χ4v) is 1.86. The Hall–Kier alpha value is -2.07. The van der Waals surface area contributed by atoms with Gasteiger partial charge in [0.25, 0.3) is 0 Å². The molecule has 0 aliphatic rings. The van der Waals surface area contributed by atoms with Gasteiger partial charge in [-0.3, -0.25) is 0 Å². The van der Waals surface area contributed by atoms with Crippen LogP contribution in [-0.2, 0) is 0 Å². The van der Waals surface area contributed by atoms with Crippen molar-refractivity contribution in [1.82, 2.24) is 0 Å². The molecular formula is C16H17FO3. The molecule has 1 N–H and O–H groups in total. The molecule has 0 aliphatic carbocycles. The van der Waals surface area contributed by atoms with Crippen molar-refractivity contribution in [3.63, 3.8) is 0 Å². The second kappa shape index (κ2) is 6.91. The van der Waals surface area contributed by atoms with E-state index in [-0.39, 0.29) is 5.75 Å². The molecule has 0 radical (unpaired) electrons. The van der Waals surface area contributed by atoms with Crippen molar-refractivity contribution in [2.75, 3.05) is 13.7 Å². The number of aliphatic hydroxyl groups is 1. The van der Waals surface area contributed by atoms with Gasteiger partial charge in [-0.2, -0.15) is 0 Å². The number of halogens is 1. The number of ether oxygens (including phenoxy) is 2. The number of benzene rings is 2. The van der Waals surface area contributed by atoms with E-state index in [2.05, 4.69) is 0 Å². The largest absolute Gasteiger partial charge is 0.494 e. The third kappa shape index (κ3) is 3.71. The van der Waals surface area contributed by atoms with Crippen LogP contribution < -0.4 is 9.47 Å². The van der Waals surface area contributed by atoms with Gasteiger partial charge in [-0.15, -0.1) is 0 Å². The Labute approximate surface area is 117 Å². The summed E-state index contributed by atoms with van der Waals surface area (Å²) in [6.07, 6.45) is -0.375. The molecule has 0 saturated carbocycles. The van der Waals surface area contributed by atoms with Gasteiger partial charge in [0.05, 0.1) is 19.8 Å². The molecular weight excluding hydrogens is 259 g/mol. The molecule has 0 amide bonds. The molecule has 20 heavy (non-hydrogen) atoms. The highest BCUT2D eigenvalue weighted by atomic mass is 19.1. The minimum atomic E-state index is -0.765. The van der Waals surface area contributed by atoms with Crippen molar-refractivity contribution in [1.29, 1.82) is 0 Å². The minimum Gasteiger partial charge on any atom is -0.494 e. The molecule has 0 bridgehead atoms. The van der Waals surface area contributed by atoms with Gasteiger partial charge in [0, 0.05) is 6.42 Å². The Bertz CT molecular complexity index is 543. The van der Waals surface area contributed by atoms with Crippen LogP contribution in [0.25, 0.3) is 0 Å². The zero-order valence-corrected chi connectivity index (χ0v) is 11.3. The van der Waals surface area contributed by atoms with E-state index in [4.69, 9.17) is 9.47 Å². The molecule has 0 aromatic heterocycles. The predicted octanol–water partition coefficient (Wildman–Crippen LogP) is 3.34. The molecule has 0 heterocycles. The lowest BCUT2D eigenvalue weighted by molar-refractivity contribution is 0.140. The van der Waals surface area contributed by atoms with E-state index in [0.717, 1.165) is 5.75 Å². The first-order chi connectivity index (χ1) is 9.70. The molecule has 2 rings (SSSR count). The Kier molecular flexibility index (Phi) is 4.96. The van der Waals surface area contributed by atoms with Crippen molar-refractivity contribution in [3.05, 3.63) is 59.9 Å². The van der Waals surface area contributed by atoms with Crippen molar-refractivity contribution in [2.24, 2.45) is 0 Å². The highest BCUT2D eigenvalue weighted by Crippen LogP contribution is 2.23. The van der Waals surface area contributed by atoms with Crippen molar-refractivity contribution >= 4 is 0 Å². The van der Waals surface area contributed by atoms with Gasteiger partial charge in [0.1, 0.15) is 5.75 Å². The monoisotopic (exact) mass is 276 g/mol. The Morgan fingerprint density at radius 2 is 1.90 bits per heavy atom. The van der Waals surface area contributed by atoms with Crippen molar-refractivity contribution < 1.29 is 19.0 Å². The summed E-state index contributed by atoms with van der Waals surface area (Å²) in [6, 6.07) is 13.8. The minimum absolute atomic E-state index is 0.168.